The molecule has 0 spiro atoms. The third kappa shape index (κ3) is 3.76. The van der Waals surface area contributed by atoms with Crippen molar-refractivity contribution >= 4 is 31.6 Å². The van der Waals surface area contributed by atoms with Gasteiger partial charge in [0.1, 0.15) is 0 Å². The van der Waals surface area contributed by atoms with Gasteiger partial charge in [0.2, 0.25) is 20.0 Å². The van der Waals surface area contributed by atoms with Gasteiger partial charge in [0.25, 0.3) is 5.91 Å². The molecule has 1 aromatic heterocycles. The number of aromatic nitrogens is 2. The van der Waals surface area contributed by atoms with E-state index in [0.717, 1.165) is 21.7 Å². The molecule has 0 bridgehead atoms. The van der Waals surface area contributed by atoms with Crippen molar-refractivity contribution in [1.29, 1.82) is 0 Å². The van der Waals surface area contributed by atoms with Crippen LogP contribution in [-0.2, 0) is 32.9 Å². The van der Waals surface area contributed by atoms with Crippen LogP contribution >= 0.6 is 0 Å². The molecular weight excluding hydrogens is 454 g/mol. The lowest BCUT2D eigenvalue weighted by atomic mass is 9.88. The molecule has 0 saturated heterocycles. The number of amides is 1. The molecule has 0 saturated carbocycles. The highest BCUT2D eigenvalue weighted by atomic mass is 32.2. The van der Waals surface area contributed by atoms with E-state index in [-0.39, 0.29) is 10.6 Å². The molecule has 1 heterocycles. The number of hydrogen-bond acceptors (Lipinski definition) is 6. The number of nitrogens with two attached hydrogens (primary N) is 2. The van der Waals surface area contributed by atoms with Crippen LogP contribution in [0.2, 0.25) is 0 Å². The van der Waals surface area contributed by atoms with E-state index in [2.05, 4.69) is 5.10 Å². The summed E-state index contributed by atoms with van der Waals surface area (Å²) < 4.78 is 49.9. The van der Waals surface area contributed by atoms with E-state index >= 15 is 0 Å². The second kappa shape index (κ2) is 7.43. The van der Waals surface area contributed by atoms with Crippen molar-refractivity contribution in [2.45, 2.75) is 17.7 Å². The summed E-state index contributed by atoms with van der Waals surface area (Å²) in [7, 11) is -5.90. The molecule has 10 nitrogen and oxygen atoms in total. The molecule has 0 aliphatic heterocycles. The van der Waals surface area contributed by atoms with Gasteiger partial charge in [0, 0.05) is 18.2 Å². The molecule has 3 aromatic rings. The molecule has 0 atom stereocenters. The number of fused-ring (bicyclic) bond motifs is 3. The summed E-state index contributed by atoms with van der Waals surface area (Å²) >= 11 is 0. The van der Waals surface area contributed by atoms with Crippen molar-refractivity contribution in [1.82, 2.24) is 9.78 Å². The predicted octanol–water partition coefficient (Wildman–Crippen LogP) is 0.780. The summed E-state index contributed by atoms with van der Waals surface area (Å²) in [6.07, 6.45) is 2.26. The van der Waals surface area contributed by atoms with E-state index in [1.54, 1.807) is 12.1 Å². The molecule has 2 aromatic carbocycles. The SMILES string of the molecule is CN(c1ccc2c(c1)-c1c(c(C(N)=O)nn1-c1ccc(S(N)(=O)=O)cc1)CC2)S(C)(=O)=O. The van der Waals surface area contributed by atoms with E-state index in [0.29, 0.717) is 35.5 Å². The summed E-state index contributed by atoms with van der Waals surface area (Å²) in [6.45, 7) is 0. The van der Waals surface area contributed by atoms with Gasteiger partial charge in [-0.05, 0) is 54.8 Å². The van der Waals surface area contributed by atoms with E-state index in [4.69, 9.17) is 10.9 Å². The second-order valence-corrected chi connectivity index (χ2v) is 11.1. The average molecular weight is 476 g/mol. The van der Waals surface area contributed by atoms with Gasteiger partial charge in [-0.15, -0.1) is 0 Å². The number of nitrogens with zero attached hydrogens (tertiary/aromatic N) is 3. The van der Waals surface area contributed by atoms with Crippen LogP contribution < -0.4 is 15.2 Å². The topological polar surface area (TPSA) is 158 Å². The lowest BCUT2D eigenvalue weighted by molar-refractivity contribution is 0.0994. The van der Waals surface area contributed by atoms with Crippen LogP contribution in [-0.4, -0.2) is 45.8 Å². The van der Waals surface area contributed by atoms with Gasteiger partial charge in [-0.25, -0.2) is 26.7 Å². The average Bonchev–Trinajstić information content (AvgIpc) is 3.12. The molecule has 168 valence electrons. The minimum atomic E-state index is -3.87. The van der Waals surface area contributed by atoms with Gasteiger partial charge in [0.15, 0.2) is 5.69 Å². The zero-order valence-corrected chi connectivity index (χ0v) is 18.9. The fourth-order valence-electron chi connectivity index (χ4n) is 3.78. The standard InChI is InChI=1S/C20H21N5O5S2/c1-24(31(2,27)28)14-5-3-12-4-10-16-18(20(21)26)23-25(19(16)17(12)11-14)13-6-8-15(9-7-13)32(22,29)30/h3,5-9,11H,4,10H2,1-2H3,(H2,21,26)(H2,22,29,30). The maximum Gasteiger partial charge on any atom is 0.269 e. The number of sulfonamides is 2. The molecule has 0 radical (unpaired) electrons. The summed E-state index contributed by atoms with van der Waals surface area (Å²) in [6, 6.07) is 11.1. The molecule has 12 heteroatoms. The van der Waals surface area contributed by atoms with Crippen LogP contribution in [0.5, 0.6) is 0 Å². The summed E-state index contributed by atoms with van der Waals surface area (Å²) in [5.74, 6) is -0.686. The molecule has 32 heavy (non-hydrogen) atoms. The first-order valence-corrected chi connectivity index (χ1v) is 12.9. The largest absolute Gasteiger partial charge is 0.364 e. The molecule has 1 aliphatic carbocycles. The lowest BCUT2D eigenvalue weighted by Crippen LogP contribution is -2.25. The first-order valence-electron chi connectivity index (χ1n) is 9.50. The molecule has 0 unspecified atom stereocenters. The number of benzene rings is 2. The zero-order chi connectivity index (χ0) is 23.4. The predicted molar refractivity (Wildman–Crippen MR) is 120 cm³/mol. The molecule has 4 N–H and O–H groups in total. The summed E-state index contributed by atoms with van der Waals surface area (Å²) in [4.78, 5) is 12.0. The van der Waals surface area contributed by atoms with Gasteiger partial charge >= 0.3 is 0 Å². The molecule has 1 aliphatic rings. The minimum Gasteiger partial charge on any atom is -0.364 e. The van der Waals surface area contributed by atoms with Crippen molar-refractivity contribution in [2.75, 3.05) is 17.6 Å². The van der Waals surface area contributed by atoms with Crippen molar-refractivity contribution < 1.29 is 21.6 Å². The van der Waals surface area contributed by atoms with Crippen LogP contribution in [0.15, 0.2) is 47.4 Å². The Kier molecular flexibility index (Phi) is 5.11. The van der Waals surface area contributed by atoms with Gasteiger partial charge in [-0.1, -0.05) is 6.07 Å². The van der Waals surface area contributed by atoms with Crippen LogP contribution in [0.1, 0.15) is 21.6 Å². The molecule has 4 rings (SSSR count). The Hall–Kier alpha value is -3.22. The minimum absolute atomic E-state index is 0.0603. The number of carbonyl (C=O) groups is 1. The van der Waals surface area contributed by atoms with Crippen LogP contribution in [0.25, 0.3) is 16.9 Å². The van der Waals surface area contributed by atoms with Gasteiger partial charge in [-0.2, -0.15) is 5.10 Å². The Labute approximate surface area is 185 Å². The number of hydrogen-bond donors (Lipinski definition) is 2. The van der Waals surface area contributed by atoms with Gasteiger partial charge < -0.3 is 5.73 Å². The quantitative estimate of drug-likeness (QED) is 0.555. The molecule has 0 fully saturated rings. The van der Waals surface area contributed by atoms with E-state index in [1.165, 1.54) is 36.0 Å². The molecule has 1 amide bonds. The van der Waals surface area contributed by atoms with Gasteiger partial charge in [-0.3, -0.25) is 9.10 Å². The maximum absolute atomic E-state index is 12.1. The Morgan fingerprint density at radius 1 is 1.06 bits per heavy atom. The lowest BCUT2D eigenvalue weighted by Gasteiger charge is -2.23. The van der Waals surface area contributed by atoms with Crippen LogP contribution in [0.4, 0.5) is 5.69 Å². The highest BCUT2D eigenvalue weighted by Gasteiger charge is 2.29. The highest BCUT2D eigenvalue weighted by molar-refractivity contribution is 7.92. The summed E-state index contributed by atoms with van der Waals surface area (Å²) in [5.41, 5.74) is 9.57. The number of rotatable bonds is 5. The first-order chi connectivity index (χ1) is 14.9. The summed E-state index contributed by atoms with van der Waals surface area (Å²) in [5, 5.41) is 9.58. The second-order valence-electron chi connectivity index (χ2n) is 7.56. The van der Waals surface area contributed by atoms with E-state index < -0.39 is 26.0 Å². The Morgan fingerprint density at radius 2 is 1.72 bits per heavy atom. The van der Waals surface area contributed by atoms with Crippen molar-refractivity contribution in [3.8, 4) is 16.9 Å². The Morgan fingerprint density at radius 3 is 2.28 bits per heavy atom. The third-order valence-corrected chi connectivity index (χ3v) is 7.62. The smallest absolute Gasteiger partial charge is 0.269 e. The highest BCUT2D eigenvalue weighted by Crippen LogP contribution is 2.39. The molecular formula is C20H21N5O5S2. The first kappa shape index (κ1) is 22.0. The van der Waals surface area contributed by atoms with E-state index in [1.807, 2.05) is 6.07 Å². The normalized spacial score (nSPS) is 13.3. The fraction of sp³-hybridized carbons (Fsp3) is 0.200. The maximum atomic E-state index is 12.1. The van der Waals surface area contributed by atoms with Crippen LogP contribution in [0.3, 0.4) is 0 Å². The zero-order valence-electron chi connectivity index (χ0n) is 17.3. The Balaban J connectivity index is 1.95. The number of aryl methyl sites for hydroxylation is 1. The van der Waals surface area contributed by atoms with E-state index in [9.17, 15) is 21.6 Å². The number of primary sulfonamides is 1. The van der Waals surface area contributed by atoms with Crippen molar-refractivity contribution in [3.05, 3.63) is 59.3 Å². The number of anilines is 1. The van der Waals surface area contributed by atoms with Gasteiger partial charge in [0.05, 0.1) is 28.2 Å². The Bertz CT molecular complexity index is 1460. The number of carbonyl (C=O) groups excluding carboxylic acids is 1. The van der Waals surface area contributed by atoms with Crippen LogP contribution in [0, 0.1) is 0 Å². The monoisotopic (exact) mass is 475 g/mol. The third-order valence-electron chi connectivity index (χ3n) is 5.48. The van der Waals surface area contributed by atoms with Crippen molar-refractivity contribution in [3.63, 3.8) is 0 Å². The van der Waals surface area contributed by atoms with Crippen molar-refractivity contribution in [2.24, 2.45) is 10.9 Å². The number of primary amides is 1. The fourth-order valence-corrected chi connectivity index (χ4v) is 4.79.